The number of fused-ring (bicyclic) bond motifs is 1. The summed E-state index contributed by atoms with van der Waals surface area (Å²) in [5.41, 5.74) is 4.46. The van der Waals surface area contributed by atoms with E-state index in [-0.39, 0.29) is 18.3 Å². The molecule has 0 bridgehead atoms. The Morgan fingerprint density at radius 3 is 2.75 bits per heavy atom. The van der Waals surface area contributed by atoms with E-state index >= 15 is 0 Å². The first kappa shape index (κ1) is 21.2. The molecule has 1 amide bonds. The molecule has 164 valence electrons. The van der Waals surface area contributed by atoms with Crippen LogP contribution >= 0.6 is 0 Å². The van der Waals surface area contributed by atoms with Crippen molar-refractivity contribution in [2.45, 2.75) is 13.3 Å². The molecule has 1 aliphatic heterocycles. The summed E-state index contributed by atoms with van der Waals surface area (Å²) in [5, 5.41) is 3.95. The average molecular weight is 434 g/mol. The highest BCUT2D eigenvalue weighted by Crippen LogP contribution is 2.30. The van der Waals surface area contributed by atoms with Crippen LogP contribution in [0.25, 0.3) is 11.3 Å². The number of rotatable bonds is 7. The lowest BCUT2D eigenvalue weighted by Crippen LogP contribution is -2.20. The minimum absolute atomic E-state index is 0.151. The first-order chi connectivity index (χ1) is 15.6. The number of amides is 1. The van der Waals surface area contributed by atoms with Crippen molar-refractivity contribution in [2.24, 2.45) is 5.10 Å². The highest BCUT2D eigenvalue weighted by atomic mass is 16.6. The normalized spacial score (nSPS) is 12.5. The second-order valence-electron chi connectivity index (χ2n) is 6.95. The summed E-state index contributed by atoms with van der Waals surface area (Å²) >= 11 is 0. The highest BCUT2D eigenvalue weighted by Gasteiger charge is 2.13. The van der Waals surface area contributed by atoms with Crippen LogP contribution < -0.4 is 14.9 Å². The molecule has 8 heteroatoms. The number of nitrogens with one attached hydrogen (secondary N) is 1. The predicted octanol–water partition coefficient (Wildman–Crippen LogP) is 3.59. The van der Waals surface area contributed by atoms with Gasteiger partial charge in [-0.05, 0) is 48.9 Å². The van der Waals surface area contributed by atoms with Gasteiger partial charge in [-0.3, -0.25) is 4.79 Å². The van der Waals surface area contributed by atoms with Crippen molar-refractivity contribution >= 4 is 18.1 Å². The van der Waals surface area contributed by atoms with Gasteiger partial charge in [-0.15, -0.1) is 0 Å². The lowest BCUT2D eigenvalue weighted by molar-refractivity contribution is -0.120. The topological polar surface area (TPSA) is 99.4 Å². The Hall–Kier alpha value is -4.07. The molecule has 1 N–H and O–H groups in total. The molecule has 32 heavy (non-hydrogen) atoms. The number of carbonyl (C=O) groups is 2. The van der Waals surface area contributed by atoms with Gasteiger partial charge in [0.1, 0.15) is 24.7 Å². The zero-order valence-electron chi connectivity index (χ0n) is 17.5. The van der Waals surface area contributed by atoms with E-state index in [2.05, 4.69) is 10.5 Å². The highest BCUT2D eigenvalue weighted by molar-refractivity contribution is 5.91. The van der Waals surface area contributed by atoms with Crippen molar-refractivity contribution in [3.8, 4) is 22.8 Å². The number of hydrogen-bond donors (Lipinski definition) is 1. The molecule has 0 unspecified atom stereocenters. The van der Waals surface area contributed by atoms with E-state index in [1.54, 1.807) is 49.4 Å². The molecular formula is C24H22N2O6. The lowest BCUT2D eigenvalue weighted by atomic mass is 10.1. The van der Waals surface area contributed by atoms with E-state index in [0.29, 0.717) is 48.4 Å². The molecule has 2 aromatic carbocycles. The Labute approximate surface area is 184 Å². The van der Waals surface area contributed by atoms with Crippen LogP contribution in [0.15, 0.2) is 64.1 Å². The fourth-order valence-electron chi connectivity index (χ4n) is 3.18. The molecule has 1 aliphatic rings. The Bertz CT molecular complexity index is 1150. The first-order valence-electron chi connectivity index (χ1n) is 10.2. The summed E-state index contributed by atoms with van der Waals surface area (Å²) in [6, 6.07) is 15.9. The number of nitrogens with zero attached hydrogens (tertiary/aromatic N) is 1. The van der Waals surface area contributed by atoms with Crippen LogP contribution in [0.3, 0.4) is 0 Å². The van der Waals surface area contributed by atoms with Crippen molar-refractivity contribution < 1.29 is 28.2 Å². The number of benzene rings is 2. The number of carbonyl (C=O) groups excluding carboxylic acids is 2. The fraction of sp³-hybridized carbons (Fsp3) is 0.208. The molecule has 0 radical (unpaired) electrons. The van der Waals surface area contributed by atoms with Crippen LogP contribution in [0, 0.1) is 0 Å². The van der Waals surface area contributed by atoms with Gasteiger partial charge in [-0.2, -0.15) is 5.10 Å². The monoisotopic (exact) mass is 434 g/mol. The van der Waals surface area contributed by atoms with Gasteiger partial charge in [0.05, 0.1) is 24.8 Å². The molecule has 2 heterocycles. The Morgan fingerprint density at radius 1 is 1.06 bits per heavy atom. The van der Waals surface area contributed by atoms with E-state index in [1.807, 2.05) is 12.1 Å². The number of furan rings is 1. The third-order valence-electron chi connectivity index (χ3n) is 4.64. The van der Waals surface area contributed by atoms with Crippen LogP contribution in [-0.2, 0) is 16.0 Å². The number of ether oxygens (including phenoxy) is 3. The summed E-state index contributed by atoms with van der Waals surface area (Å²) in [4.78, 5) is 24.1. The van der Waals surface area contributed by atoms with Gasteiger partial charge < -0.3 is 18.6 Å². The average Bonchev–Trinajstić information content (AvgIpc) is 3.28. The van der Waals surface area contributed by atoms with E-state index in [9.17, 15) is 9.59 Å². The maximum absolute atomic E-state index is 12.2. The quantitative estimate of drug-likeness (QED) is 0.347. The van der Waals surface area contributed by atoms with Crippen LogP contribution in [0.2, 0.25) is 0 Å². The van der Waals surface area contributed by atoms with Gasteiger partial charge in [0.15, 0.2) is 11.5 Å². The van der Waals surface area contributed by atoms with Crippen LogP contribution in [0.1, 0.15) is 28.6 Å². The fourth-order valence-corrected chi connectivity index (χ4v) is 3.18. The van der Waals surface area contributed by atoms with Crippen molar-refractivity contribution in [1.82, 2.24) is 5.43 Å². The second kappa shape index (κ2) is 9.82. The van der Waals surface area contributed by atoms with Crippen molar-refractivity contribution in [1.29, 1.82) is 0 Å². The third kappa shape index (κ3) is 5.15. The molecule has 0 spiro atoms. The Morgan fingerprint density at radius 2 is 1.91 bits per heavy atom. The lowest BCUT2D eigenvalue weighted by Gasteiger charge is -2.18. The second-order valence-corrected chi connectivity index (χ2v) is 6.95. The molecule has 0 aliphatic carbocycles. The van der Waals surface area contributed by atoms with Crippen LogP contribution in [-0.4, -0.2) is 37.9 Å². The SMILES string of the molecule is CCOC(=O)c1cccc(-c2ccc(/C=N\NC(=O)Cc3ccc4c(c3)OCCO4)o2)c1. The van der Waals surface area contributed by atoms with Crippen molar-refractivity contribution in [2.75, 3.05) is 19.8 Å². The summed E-state index contributed by atoms with van der Waals surface area (Å²) in [7, 11) is 0. The molecule has 1 aromatic heterocycles. The maximum atomic E-state index is 12.2. The molecule has 0 saturated heterocycles. The van der Waals surface area contributed by atoms with Gasteiger partial charge >= 0.3 is 5.97 Å². The molecule has 0 atom stereocenters. The van der Waals surface area contributed by atoms with E-state index < -0.39 is 0 Å². The first-order valence-corrected chi connectivity index (χ1v) is 10.2. The molecule has 0 saturated carbocycles. The smallest absolute Gasteiger partial charge is 0.338 e. The van der Waals surface area contributed by atoms with Crippen LogP contribution in [0.5, 0.6) is 11.5 Å². The summed E-state index contributed by atoms with van der Waals surface area (Å²) < 4.78 is 21.8. The van der Waals surface area contributed by atoms with Gasteiger partial charge in [-0.25, -0.2) is 10.2 Å². The zero-order valence-corrected chi connectivity index (χ0v) is 17.5. The maximum Gasteiger partial charge on any atom is 0.338 e. The van der Waals surface area contributed by atoms with E-state index in [1.165, 1.54) is 6.21 Å². The van der Waals surface area contributed by atoms with Crippen LogP contribution in [0.4, 0.5) is 0 Å². The minimum Gasteiger partial charge on any atom is -0.486 e. The third-order valence-corrected chi connectivity index (χ3v) is 4.64. The number of hydrogen-bond acceptors (Lipinski definition) is 7. The molecule has 4 rings (SSSR count). The standard InChI is InChI=1S/C24H22N2O6/c1-2-29-24(28)18-5-3-4-17(14-18)20-9-7-19(32-20)15-25-26-23(27)13-16-6-8-21-22(12-16)31-11-10-30-21/h3-9,12,14-15H,2,10-11,13H2,1H3,(H,26,27)/b25-15-. The predicted molar refractivity (Wildman–Crippen MR) is 117 cm³/mol. The summed E-state index contributed by atoms with van der Waals surface area (Å²) in [6.45, 7) is 3.08. The number of hydrazone groups is 1. The minimum atomic E-state index is -0.386. The molecule has 8 nitrogen and oxygen atoms in total. The number of esters is 1. The molecular weight excluding hydrogens is 412 g/mol. The van der Waals surface area contributed by atoms with Crippen molar-refractivity contribution in [3.05, 3.63) is 71.5 Å². The zero-order chi connectivity index (χ0) is 22.3. The van der Waals surface area contributed by atoms with E-state index in [4.69, 9.17) is 18.6 Å². The van der Waals surface area contributed by atoms with Crippen molar-refractivity contribution in [3.63, 3.8) is 0 Å². The van der Waals surface area contributed by atoms with Gasteiger partial charge in [0.2, 0.25) is 5.91 Å². The molecule has 0 fully saturated rings. The summed E-state index contributed by atoms with van der Waals surface area (Å²) in [5.74, 6) is 1.69. The van der Waals surface area contributed by atoms with E-state index in [0.717, 1.165) is 11.1 Å². The largest absolute Gasteiger partial charge is 0.486 e. The Kier molecular flexibility index (Phi) is 6.50. The molecule has 3 aromatic rings. The van der Waals surface area contributed by atoms with Gasteiger partial charge in [0, 0.05) is 5.56 Å². The van der Waals surface area contributed by atoms with Gasteiger partial charge in [0.25, 0.3) is 0 Å². The summed E-state index contributed by atoms with van der Waals surface area (Å²) in [6.07, 6.45) is 1.57. The van der Waals surface area contributed by atoms with Gasteiger partial charge in [-0.1, -0.05) is 18.2 Å². The Balaban J connectivity index is 1.34.